The minimum absolute atomic E-state index is 0.0143. The van der Waals surface area contributed by atoms with Crippen molar-refractivity contribution in [3.8, 4) is 17.0 Å². The number of hydrogen-bond donors (Lipinski definition) is 2. The number of hydrogen-bond acceptors (Lipinski definition) is 9. The van der Waals surface area contributed by atoms with Crippen molar-refractivity contribution < 1.29 is 27.9 Å². The van der Waals surface area contributed by atoms with Crippen LogP contribution in [0, 0.1) is 0 Å². The molecule has 2 saturated heterocycles. The first-order valence-corrected chi connectivity index (χ1v) is 16.2. The zero-order valence-electron chi connectivity index (χ0n) is 25.9. The normalized spacial score (nSPS) is 16.2. The largest absolute Gasteiger partial charge is 0.434 e. The van der Waals surface area contributed by atoms with E-state index in [1.165, 1.54) is 39.4 Å². The lowest BCUT2D eigenvalue weighted by Crippen LogP contribution is -2.54. The van der Waals surface area contributed by atoms with E-state index in [1.54, 1.807) is 35.5 Å². The van der Waals surface area contributed by atoms with Gasteiger partial charge in [-0.1, -0.05) is 13.8 Å². The zero-order chi connectivity index (χ0) is 33.1. The molecule has 0 aliphatic carbocycles. The van der Waals surface area contributed by atoms with E-state index in [0.29, 0.717) is 31.8 Å². The molecule has 47 heavy (non-hydrogen) atoms. The Labute approximate surface area is 273 Å². The van der Waals surface area contributed by atoms with E-state index in [9.17, 15) is 23.2 Å². The van der Waals surface area contributed by atoms with Gasteiger partial charge < -0.3 is 20.3 Å². The molecule has 0 unspecified atom stereocenters. The maximum atomic E-state index is 13.5. The van der Waals surface area contributed by atoms with Gasteiger partial charge >= 0.3 is 6.61 Å². The summed E-state index contributed by atoms with van der Waals surface area (Å²) in [6, 6.07) is 6.74. The Morgan fingerprint density at radius 2 is 2.00 bits per heavy atom. The maximum absolute atomic E-state index is 13.5. The number of anilines is 1. The van der Waals surface area contributed by atoms with Gasteiger partial charge in [0.05, 0.1) is 18.4 Å². The quantitative estimate of drug-likeness (QED) is 0.244. The van der Waals surface area contributed by atoms with Crippen molar-refractivity contribution in [2.75, 3.05) is 38.0 Å². The number of piperidine rings is 1. The summed E-state index contributed by atoms with van der Waals surface area (Å²) in [7, 11) is 0. The van der Waals surface area contributed by atoms with Gasteiger partial charge in [0.1, 0.15) is 23.6 Å². The van der Waals surface area contributed by atoms with Crippen molar-refractivity contribution in [3.05, 3.63) is 54.6 Å². The van der Waals surface area contributed by atoms with Gasteiger partial charge in [0.25, 0.3) is 5.91 Å². The number of amides is 3. The molecule has 0 radical (unpaired) electrons. The molecule has 4 aromatic rings. The van der Waals surface area contributed by atoms with Crippen LogP contribution in [0.4, 0.5) is 14.5 Å². The first-order chi connectivity index (χ1) is 22.6. The number of benzene rings is 1. The van der Waals surface area contributed by atoms with Crippen LogP contribution in [-0.2, 0) is 16.1 Å². The molecule has 3 amide bonds. The Kier molecular flexibility index (Phi) is 9.68. The van der Waals surface area contributed by atoms with E-state index in [4.69, 9.17) is 4.74 Å². The number of thioether (sulfide) groups is 1. The molecule has 2 aliphatic rings. The SMILES string of the molecule is CC(C)Sc1ccc(OC(F)F)c(-c2nn(CC(=O)N3CCC(N4CCNC(=O)C4)CC3)cc2NC(=O)c2cnn3cccnc23)c1. The van der Waals surface area contributed by atoms with Crippen molar-refractivity contribution in [2.24, 2.45) is 0 Å². The number of nitrogens with one attached hydrogen (secondary N) is 2. The van der Waals surface area contributed by atoms with Crippen LogP contribution in [-0.4, -0.2) is 103 Å². The summed E-state index contributed by atoms with van der Waals surface area (Å²) in [5.41, 5.74) is 1.13. The smallest absolute Gasteiger partial charge is 0.387 e. The standard InChI is InChI=1S/C31H35F2N9O4S/c1-19(2)47-21-4-5-25(46-31(32)33)22(14-21)28-24(37-30(45)23-15-36-42-10-3-8-35-29(23)42)16-41(38-28)18-27(44)39-11-6-20(7-12-39)40-13-9-34-26(43)17-40/h3-5,8,10,14-16,19-20,31H,6-7,9,11-13,17-18H2,1-2H3,(H,34,43)(H,37,45). The number of likely N-dealkylation sites (tertiary alicyclic amines) is 1. The van der Waals surface area contributed by atoms with Crippen molar-refractivity contribution in [1.82, 2.24) is 39.5 Å². The average molecular weight is 668 g/mol. The molecule has 0 atom stereocenters. The van der Waals surface area contributed by atoms with Crippen LogP contribution in [0.5, 0.6) is 5.75 Å². The number of alkyl halides is 2. The third-order valence-corrected chi connectivity index (χ3v) is 9.02. The average Bonchev–Trinajstić information content (AvgIpc) is 3.65. The number of rotatable bonds is 10. The second-order valence-electron chi connectivity index (χ2n) is 11.6. The van der Waals surface area contributed by atoms with Crippen LogP contribution in [0.2, 0.25) is 0 Å². The summed E-state index contributed by atoms with van der Waals surface area (Å²) in [5, 5.41) is 14.7. The lowest BCUT2D eigenvalue weighted by Gasteiger charge is -2.39. The Morgan fingerprint density at radius 3 is 2.74 bits per heavy atom. The molecule has 16 heteroatoms. The molecule has 13 nitrogen and oxygen atoms in total. The van der Waals surface area contributed by atoms with Crippen LogP contribution in [0.15, 0.2) is 53.9 Å². The molecular formula is C31H35F2N9O4S. The van der Waals surface area contributed by atoms with Crippen LogP contribution >= 0.6 is 11.8 Å². The van der Waals surface area contributed by atoms with E-state index < -0.39 is 12.5 Å². The second-order valence-corrected chi connectivity index (χ2v) is 13.3. The Hall–Kier alpha value is -4.57. The fraction of sp³-hybridized carbons (Fsp3) is 0.419. The predicted molar refractivity (Wildman–Crippen MR) is 170 cm³/mol. The van der Waals surface area contributed by atoms with Crippen LogP contribution in [0.1, 0.15) is 37.0 Å². The third kappa shape index (κ3) is 7.54. The van der Waals surface area contributed by atoms with Gasteiger partial charge in [-0.2, -0.15) is 19.0 Å². The summed E-state index contributed by atoms with van der Waals surface area (Å²) in [6.07, 6.45) is 7.58. The molecule has 0 saturated carbocycles. The van der Waals surface area contributed by atoms with Gasteiger partial charge in [-0.3, -0.25) is 24.0 Å². The van der Waals surface area contributed by atoms with Crippen LogP contribution in [0.25, 0.3) is 16.9 Å². The minimum atomic E-state index is -3.09. The number of carbonyl (C=O) groups excluding carboxylic acids is 3. The highest BCUT2D eigenvalue weighted by Crippen LogP contribution is 2.39. The molecule has 6 rings (SSSR count). The number of aromatic nitrogens is 5. The maximum Gasteiger partial charge on any atom is 0.387 e. The Morgan fingerprint density at radius 1 is 1.19 bits per heavy atom. The molecule has 0 spiro atoms. The highest BCUT2D eigenvalue weighted by atomic mass is 32.2. The number of ether oxygens (including phenoxy) is 1. The first kappa shape index (κ1) is 32.4. The van der Waals surface area contributed by atoms with E-state index in [0.717, 1.165) is 24.3 Å². The lowest BCUT2D eigenvalue weighted by atomic mass is 10.0. The van der Waals surface area contributed by atoms with Gasteiger partial charge in [0.2, 0.25) is 11.8 Å². The van der Waals surface area contributed by atoms with E-state index in [2.05, 4.69) is 30.7 Å². The zero-order valence-corrected chi connectivity index (χ0v) is 26.8. The van der Waals surface area contributed by atoms with E-state index in [-0.39, 0.29) is 57.9 Å². The number of nitrogens with zero attached hydrogens (tertiary/aromatic N) is 7. The molecule has 248 valence electrons. The molecule has 0 bridgehead atoms. The van der Waals surface area contributed by atoms with Crippen LogP contribution < -0.4 is 15.4 Å². The molecule has 5 heterocycles. The Balaban J connectivity index is 1.27. The van der Waals surface area contributed by atoms with Gasteiger partial charge in [0.15, 0.2) is 5.65 Å². The summed E-state index contributed by atoms with van der Waals surface area (Å²) in [4.78, 5) is 47.8. The van der Waals surface area contributed by atoms with Crippen molar-refractivity contribution in [2.45, 2.75) is 56.0 Å². The lowest BCUT2D eigenvalue weighted by molar-refractivity contribution is -0.134. The van der Waals surface area contributed by atoms with E-state index >= 15 is 0 Å². The highest BCUT2D eigenvalue weighted by Gasteiger charge is 2.30. The fourth-order valence-electron chi connectivity index (χ4n) is 5.90. The highest BCUT2D eigenvalue weighted by molar-refractivity contribution is 7.99. The molecule has 2 aliphatic heterocycles. The minimum Gasteiger partial charge on any atom is -0.434 e. The number of piperazine rings is 1. The summed E-state index contributed by atoms with van der Waals surface area (Å²) in [6.45, 7) is 3.62. The topological polar surface area (TPSA) is 139 Å². The summed E-state index contributed by atoms with van der Waals surface area (Å²) in [5.74, 6) is -0.818. The van der Waals surface area contributed by atoms with Crippen molar-refractivity contribution in [1.29, 1.82) is 0 Å². The third-order valence-electron chi connectivity index (χ3n) is 8.03. The second kappa shape index (κ2) is 14.0. The monoisotopic (exact) mass is 667 g/mol. The molecule has 3 aromatic heterocycles. The molecule has 2 fully saturated rings. The first-order valence-electron chi connectivity index (χ1n) is 15.4. The Bertz CT molecular complexity index is 1770. The number of halogens is 2. The summed E-state index contributed by atoms with van der Waals surface area (Å²) < 4.78 is 34.7. The van der Waals surface area contributed by atoms with E-state index in [1.807, 2.05) is 13.8 Å². The van der Waals surface area contributed by atoms with Gasteiger partial charge in [0, 0.05) is 66.5 Å². The predicted octanol–water partition coefficient (Wildman–Crippen LogP) is 3.37. The summed E-state index contributed by atoms with van der Waals surface area (Å²) >= 11 is 1.53. The number of fused-ring (bicyclic) bond motifs is 1. The van der Waals surface area contributed by atoms with Crippen molar-refractivity contribution >= 4 is 40.8 Å². The molecular weight excluding hydrogens is 632 g/mol. The van der Waals surface area contributed by atoms with Crippen molar-refractivity contribution in [3.63, 3.8) is 0 Å². The van der Waals surface area contributed by atoms with Gasteiger partial charge in [-0.05, 0) is 37.1 Å². The molecule has 2 N–H and O–H groups in total. The van der Waals surface area contributed by atoms with Gasteiger partial charge in [-0.15, -0.1) is 11.8 Å². The van der Waals surface area contributed by atoms with Gasteiger partial charge in [-0.25, -0.2) is 9.50 Å². The van der Waals surface area contributed by atoms with Crippen LogP contribution in [0.3, 0.4) is 0 Å². The molecule has 1 aromatic carbocycles. The number of carbonyl (C=O) groups is 3. The fourth-order valence-corrected chi connectivity index (χ4v) is 6.77.